The maximum atomic E-state index is 3.96. The first kappa shape index (κ1) is 10.6. The first-order valence-electron chi connectivity index (χ1n) is 6.47. The van der Waals surface area contributed by atoms with Crippen LogP contribution >= 0.6 is 0 Å². The Hall–Kier alpha value is -1.56. The summed E-state index contributed by atoms with van der Waals surface area (Å²) in [6.07, 6.45) is 12.7. The molecule has 0 radical (unpaired) electrons. The van der Waals surface area contributed by atoms with Gasteiger partial charge in [-0.3, -0.25) is 0 Å². The minimum absolute atomic E-state index is 0.730. The second-order valence-corrected chi connectivity index (χ2v) is 4.90. The van der Waals surface area contributed by atoms with Crippen LogP contribution < -0.4 is 10.4 Å². The van der Waals surface area contributed by atoms with Gasteiger partial charge in [0.05, 0.1) is 0 Å². The van der Waals surface area contributed by atoms with Crippen molar-refractivity contribution in [1.82, 2.24) is 0 Å². The minimum Gasteiger partial charge on any atom is -0.0985 e. The third-order valence-corrected chi connectivity index (χ3v) is 4.04. The predicted octanol–water partition coefficient (Wildman–Crippen LogP) is 3.12. The molecule has 0 heterocycles. The van der Waals surface area contributed by atoms with Gasteiger partial charge in [0, 0.05) is 0 Å². The number of rotatable bonds is 1. The summed E-state index contributed by atoms with van der Waals surface area (Å²) in [4.78, 5) is 0. The molecule has 86 valence electrons. The van der Waals surface area contributed by atoms with E-state index in [1.54, 1.807) is 5.56 Å². The van der Waals surface area contributed by atoms with Gasteiger partial charge in [-0.25, -0.2) is 0 Å². The van der Waals surface area contributed by atoms with Gasteiger partial charge in [0.25, 0.3) is 0 Å². The Balaban J connectivity index is 2.44. The Morgan fingerprint density at radius 1 is 1.29 bits per heavy atom. The molecule has 0 bridgehead atoms. The highest BCUT2D eigenvalue weighted by molar-refractivity contribution is 5.79. The van der Waals surface area contributed by atoms with Gasteiger partial charge < -0.3 is 0 Å². The van der Waals surface area contributed by atoms with Crippen molar-refractivity contribution in [3.05, 3.63) is 52.4 Å². The van der Waals surface area contributed by atoms with E-state index in [1.807, 2.05) is 6.08 Å². The fourth-order valence-electron chi connectivity index (χ4n) is 3.21. The van der Waals surface area contributed by atoms with Crippen LogP contribution in [0.2, 0.25) is 0 Å². The van der Waals surface area contributed by atoms with Crippen molar-refractivity contribution in [3.8, 4) is 0 Å². The van der Waals surface area contributed by atoms with Gasteiger partial charge in [0.2, 0.25) is 0 Å². The Labute approximate surface area is 103 Å². The average Bonchev–Trinajstić information content (AvgIpc) is 2.40. The highest BCUT2D eigenvalue weighted by atomic mass is 14.3. The molecule has 0 saturated heterocycles. The summed E-state index contributed by atoms with van der Waals surface area (Å²) in [6, 6.07) is 4.53. The molecule has 0 aromatic heterocycles. The second kappa shape index (κ2) is 4.03. The molecule has 0 aliphatic heterocycles. The van der Waals surface area contributed by atoms with Crippen LogP contribution in [0.25, 0.3) is 17.7 Å². The molecular formula is C17H18. The van der Waals surface area contributed by atoms with Crippen LogP contribution in [-0.2, 0) is 0 Å². The standard InChI is InChI=1S/C17H18/c1-3-12-8-10-14-6-5-7-15-11-9-13(4-2)16(12)17(14)15/h3-4,7-9,11,14H,1,5-6,10H2,2H3. The van der Waals surface area contributed by atoms with Crippen LogP contribution in [0.4, 0.5) is 0 Å². The van der Waals surface area contributed by atoms with Crippen molar-refractivity contribution >= 4 is 17.7 Å². The summed E-state index contributed by atoms with van der Waals surface area (Å²) >= 11 is 0. The zero-order chi connectivity index (χ0) is 11.8. The quantitative estimate of drug-likeness (QED) is 0.685. The highest BCUT2D eigenvalue weighted by Crippen LogP contribution is 2.35. The van der Waals surface area contributed by atoms with Crippen molar-refractivity contribution < 1.29 is 0 Å². The molecule has 1 unspecified atom stereocenters. The van der Waals surface area contributed by atoms with Crippen molar-refractivity contribution in [2.24, 2.45) is 0 Å². The van der Waals surface area contributed by atoms with Crippen molar-refractivity contribution in [1.29, 1.82) is 0 Å². The molecule has 1 aromatic carbocycles. The van der Waals surface area contributed by atoms with Gasteiger partial charge in [-0.1, -0.05) is 43.0 Å². The van der Waals surface area contributed by atoms with E-state index in [-0.39, 0.29) is 0 Å². The van der Waals surface area contributed by atoms with E-state index in [2.05, 4.69) is 43.9 Å². The molecule has 3 rings (SSSR count). The van der Waals surface area contributed by atoms with E-state index in [0.29, 0.717) is 0 Å². The van der Waals surface area contributed by atoms with Gasteiger partial charge in [-0.2, -0.15) is 0 Å². The van der Waals surface area contributed by atoms with Crippen molar-refractivity contribution in [2.75, 3.05) is 0 Å². The summed E-state index contributed by atoms with van der Waals surface area (Å²) in [6.45, 7) is 6.08. The summed E-state index contributed by atoms with van der Waals surface area (Å²) in [5.41, 5.74) is 4.33. The first-order valence-corrected chi connectivity index (χ1v) is 6.47. The normalized spacial score (nSPS) is 22.5. The molecule has 2 aliphatic carbocycles. The van der Waals surface area contributed by atoms with Crippen molar-refractivity contribution in [2.45, 2.75) is 32.1 Å². The molecule has 1 aromatic rings. The predicted molar refractivity (Wildman–Crippen MR) is 75.1 cm³/mol. The summed E-state index contributed by atoms with van der Waals surface area (Å²) in [5, 5.41) is 2.81. The Bertz CT molecular complexity index is 614. The number of hydrogen-bond acceptors (Lipinski definition) is 0. The molecule has 0 fully saturated rings. The summed E-state index contributed by atoms with van der Waals surface area (Å²) < 4.78 is 0. The molecule has 0 N–H and O–H groups in total. The molecule has 0 heteroatoms. The lowest BCUT2D eigenvalue weighted by Crippen LogP contribution is -2.27. The van der Waals surface area contributed by atoms with E-state index in [4.69, 9.17) is 0 Å². The third kappa shape index (κ3) is 1.51. The van der Waals surface area contributed by atoms with E-state index in [9.17, 15) is 0 Å². The van der Waals surface area contributed by atoms with Gasteiger partial charge >= 0.3 is 0 Å². The Kier molecular flexibility index (Phi) is 2.51. The number of hydrogen-bond donors (Lipinski definition) is 0. The second-order valence-electron chi connectivity index (χ2n) is 4.90. The van der Waals surface area contributed by atoms with Crippen molar-refractivity contribution in [3.63, 3.8) is 0 Å². The van der Waals surface area contributed by atoms with Gasteiger partial charge in [0.15, 0.2) is 0 Å². The molecule has 2 aliphatic rings. The van der Waals surface area contributed by atoms with Crippen LogP contribution in [0, 0.1) is 0 Å². The van der Waals surface area contributed by atoms with Gasteiger partial charge in [-0.05, 0) is 59.2 Å². The molecule has 0 saturated carbocycles. The maximum Gasteiger partial charge on any atom is -0.00772 e. The molecule has 0 amide bonds. The minimum atomic E-state index is 0.730. The fourth-order valence-corrected chi connectivity index (χ4v) is 3.21. The van der Waals surface area contributed by atoms with Crippen LogP contribution in [0.1, 0.15) is 43.2 Å². The SMILES string of the molecule is C=CC1=CCC2CCC=c3ccc(=CC)c1c32. The van der Waals surface area contributed by atoms with E-state index < -0.39 is 0 Å². The average molecular weight is 222 g/mol. The molecule has 1 atom stereocenters. The molecule has 0 nitrogen and oxygen atoms in total. The van der Waals surface area contributed by atoms with E-state index in [0.717, 1.165) is 5.92 Å². The van der Waals surface area contributed by atoms with Crippen LogP contribution in [0.5, 0.6) is 0 Å². The third-order valence-electron chi connectivity index (χ3n) is 4.04. The largest absolute Gasteiger partial charge is 0.0985 e. The van der Waals surface area contributed by atoms with Crippen LogP contribution in [-0.4, -0.2) is 0 Å². The molecular weight excluding hydrogens is 204 g/mol. The van der Waals surface area contributed by atoms with E-state index >= 15 is 0 Å². The smallest absolute Gasteiger partial charge is 0.00772 e. The Morgan fingerprint density at radius 3 is 2.94 bits per heavy atom. The van der Waals surface area contributed by atoms with E-state index in [1.165, 1.54) is 40.8 Å². The zero-order valence-electron chi connectivity index (χ0n) is 10.4. The topological polar surface area (TPSA) is 0 Å². The highest BCUT2D eigenvalue weighted by Gasteiger charge is 2.23. The zero-order valence-corrected chi connectivity index (χ0v) is 10.4. The number of benzene rings is 1. The van der Waals surface area contributed by atoms with Crippen LogP contribution in [0.15, 0.2) is 30.9 Å². The van der Waals surface area contributed by atoms with Crippen LogP contribution in [0.3, 0.4) is 0 Å². The summed E-state index contributed by atoms with van der Waals surface area (Å²) in [5.74, 6) is 0.730. The lowest BCUT2D eigenvalue weighted by atomic mass is 9.76. The number of allylic oxidation sites excluding steroid dienone is 3. The lowest BCUT2D eigenvalue weighted by Gasteiger charge is -2.28. The molecule has 0 spiro atoms. The summed E-state index contributed by atoms with van der Waals surface area (Å²) in [7, 11) is 0. The maximum absolute atomic E-state index is 3.96. The first-order chi connectivity index (χ1) is 8.35. The monoisotopic (exact) mass is 222 g/mol. The Morgan fingerprint density at radius 2 is 2.18 bits per heavy atom. The van der Waals surface area contributed by atoms with Gasteiger partial charge in [0.1, 0.15) is 0 Å². The molecule has 17 heavy (non-hydrogen) atoms. The fraction of sp³-hybridized carbons (Fsp3) is 0.294. The van der Waals surface area contributed by atoms with Gasteiger partial charge in [-0.15, -0.1) is 0 Å². The lowest BCUT2D eigenvalue weighted by molar-refractivity contribution is 0.625.